The molecule has 1 unspecified atom stereocenters. The second kappa shape index (κ2) is 3.78. The number of hydrogen-bond acceptors (Lipinski definition) is 4. The number of carbonyl (C=O) groups is 1. The monoisotopic (exact) mass is 211 g/mol. The van der Waals surface area contributed by atoms with Gasteiger partial charge in [-0.05, 0) is 24.6 Å². The summed E-state index contributed by atoms with van der Waals surface area (Å²) in [6.45, 7) is 1.28. The molecule has 1 rings (SSSR count). The van der Waals surface area contributed by atoms with Crippen molar-refractivity contribution in [3.8, 4) is 11.5 Å². The molecule has 0 aliphatic carbocycles. The van der Waals surface area contributed by atoms with E-state index in [9.17, 15) is 15.0 Å². The van der Waals surface area contributed by atoms with Gasteiger partial charge in [-0.2, -0.15) is 0 Å². The number of aliphatic hydroxyl groups is 1. The van der Waals surface area contributed by atoms with Gasteiger partial charge in [0.05, 0.1) is 7.11 Å². The molecule has 1 amide bonds. The minimum absolute atomic E-state index is 0.0680. The molecule has 5 heteroatoms. The number of benzene rings is 1. The molecule has 0 fully saturated rings. The molecule has 0 aromatic heterocycles. The number of phenolic OH excluding ortho intramolecular Hbond substituents is 1. The Morgan fingerprint density at radius 1 is 1.53 bits per heavy atom. The molecule has 1 aromatic rings. The van der Waals surface area contributed by atoms with Crippen molar-refractivity contribution in [1.82, 2.24) is 0 Å². The number of primary amides is 1. The summed E-state index contributed by atoms with van der Waals surface area (Å²) in [4.78, 5) is 11.0. The van der Waals surface area contributed by atoms with Crippen molar-refractivity contribution in [3.05, 3.63) is 23.8 Å². The minimum atomic E-state index is -1.78. The van der Waals surface area contributed by atoms with Gasteiger partial charge in [-0.1, -0.05) is 6.07 Å². The molecule has 0 bridgehead atoms. The van der Waals surface area contributed by atoms with Gasteiger partial charge in [0.1, 0.15) is 0 Å². The van der Waals surface area contributed by atoms with E-state index in [2.05, 4.69) is 0 Å². The van der Waals surface area contributed by atoms with E-state index in [0.29, 0.717) is 0 Å². The largest absolute Gasteiger partial charge is 0.504 e. The van der Waals surface area contributed by atoms with Crippen molar-refractivity contribution in [2.75, 3.05) is 7.11 Å². The van der Waals surface area contributed by atoms with E-state index in [1.165, 1.54) is 32.2 Å². The van der Waals surface area contributed by atoms with E-state index in [0.717, 1.165) is 0 Å². The molecular formula is C10H13NO4. The molecule has 0 aliphatic rings. The first kappa shape index (κ1) is 11.3. The fourth-order valence-corrected chi connectivity index (χ4v) is 1.12. The van der Waals surface area contributed by atoms with Crippen LogP contribution in [0.2, 0.25) is 0 Å². The van der Waals surface area contributed by atoms with Gasteiger partial charge in [0.25, 0.3) is 5.91 Å². The van der Waals surface area contributed by atoms with Crippen LogP contribution in [0.1, 0.15) is 12.5 Å². The van der Waals surface area contributed by atoms with Gasteiger partial charge in [-0.3, -0.25) is 4.79 Å². The van der Waals surface area contributed by atoms with E-state index >= 15 is 0 Å². The number of amides is 1. The quantitative estimate of drug-likeness (QED) is 0.660. The van der Waals surface area contributed by atoms with Gasteiger partial charge >= 0.3 is 0 Å². The highest BCUT2D eigenvalue weighted by molar-refractivity contribution is 5.84. The molecule has 4 N–H and O–H groups in total. The summed E-state index contributed by atoms with van der Waals surface area (Å²) in [5.74, 6) is -0.759. The summed E-state index contributed by atoms with van der Waals surface area (Å²) in [6, 6.07) is 4.09. The third-order valence-electron chi connectivity index (χ3n) is 2.22. The van der Waals surface area contributed by atoms with Gasteiger partial charge in [0.2, 0.25) is 0 Å². The van der Waals surface area contributed by atoms with Gasteiger partial charge in [0.15, 0.2) is 17.1 Å². The van der Waals surface area contributed by atoms with Crippen LogP contribution in [-0.4, -0.2) is 23.2 Å². The van der Waals surface area contributed by atoms with Crippen LogP contribution in [-0.2, 0) is 10.4 Å². The molecule has 1 atom stereocenters. The molecule has 0 saturated carbocycles. The van der Waals surface area contributed by atoms with Crippen molar-refractivity contribution in [1.29, 1.82) is 0 Å². The zero-order valence-corrected chi connectivity index (χ0v) is 8.52. The SMILES string of the molecule is COc1cc(C(C)(O)C(N)=O)ccc1O. The first-order valence-corrected chi connectivity index (χ1v) is 4.29. The first-order valence-electron chi connectivity index (χ1n) is 4.29. The Balaban J connectivity index is 3.22. The van der Waals surface area contributed by atoms with E-state index in [1.807, 2.05) is 0 Å². The molecule has 0 radical (unpaired) electrons. The fourth-order valence-electron chi connectivity index (χ4n) is 1.12. The van der Waals surface area contributed by atoms with Gasteiger partial charge in [-0.25, -0.2) is 0 Å². The number of hydrogen-bond donors (Lipinski definition) is 3. The van der Waals surface area contributed by atoms with Crippen LogP contribution in [0.3, 0.4) is 0 Å². The van der Waals surface area contributed by atoms with Crippen LogP contribution in [0.4, 0.5) is 0 Å². The average Bonchev–Trinajstić information content (AvgIpc) is 2.18. The molecule has 0 saturated heterocycles. The summed E-state index contributed by atoms with van der Waals surface area (Å²) in [5, 5.41) is 19.1. The van der Waals surface area contributed by atoms with Crippen LogP contribution in [0.25, 0.3) is 0 Å². The third-order valence-corrected chi connectivity index (χ3v) is 2.22. The summed E-state index contributed by atoms with van der Waals surface area (Å²) in [5.41, 5.74) is 3.53. The molecule has 0 aliphatic heterocycles. The van der Waals surface area contributed by atoms with Crippen LogP contribution >= 0.6 is 0 Å². The Morgan fingerprint density at radius 3 is 2.60 bits per heavy atom. The second-order valence-corrected chi connectivity index (χ2v) is 3.32. The predicted molar refractivity (Wildman–Crippen MR) is 53.4 cm³/mol. The normalized spacial score (nSPS) is 14.3. The summed E-state index contributed by atoms with van der Waals surface area (Å²) >= 11 is 0. The predicted octanol–water partition coefficient (Wildman–Crippen LogP) is 0.0936. The number of ether oxygens (including phenoxy) is 1. The lowest BCUT2D eigenvalue weighted by molar-refractivity contribution is -0.135. The zero-order chi connectivity index (χ0) is 11.6. The highest BCUT2D eigenvalue weighted by atomic mass is 16.5. The number of nitrogens with two attached hydrogens (primary N) is 1. The van der Waals surface area contributed by atoms with Crippen LogP contribution in [0.15, 0.2) is 18.2 Å². The Kier molecular flexibility index (Phi) is 2.85. The van der Waals surface area contributed by atoms with Crippen molar-refractivity contribution in [2.45, 2.75) is 12.5 Å². The molecule has 15 heavy (non-hydrogen) atoms. The minimum Gasteiger partial charge on any atom is -0.504 e. The standard InChI is InChI=1S/C10H13NO4/c1-10(14,9(11)13)6-3-4-7(12)8(5-6)15-2/h3-5,12,14H,1-2H3,(H2,11,13). The Labute approximate surface area is 87.1 Å². The van der Waals surface area contributed by atoms with Crippen LogP contribution < -0.4 is 10.5 Å². The van der Waals surface area contributed by atoms with Crippen molar-refractivity contribution >= 4 is 5.91 Å². The number of methoxy groups -OCH3 is 1. The number of carbonyl (C=O) groups excluding carboxylic acids is 1. The van der Waals surface area contributed by atoms with Crippen LogP contribution in [0.5, 0.6) is 11.5 Å². The van der Waals surface area contributed by atoms with Crippen molar-refractivity contribution in [3.63, 3.8) is 0 Å². The highest BCUT2D eigenvalue weighted by Gasteiger charge is 2.30. The Bertz CT molecular complexity index is 387. The van der Waals surface area contributed by atoms with Crippen molar-refractivity contribution in [2.24, 2.45) is 5.73 Å². The van der Waals surface area contributed by atoms with Gasteiger partial charge in [0, 0.05) is 0 Å². The lowest BCUT2D eigenvalue weighted by Gasteiger charge is -2.20. The molecule has 1 aromatic carbocycles. The fraction of sp³-hybridized carbons (Fsp3) is 0.300. The second-order valence-electron chi connectivity index (χ2n) is 3.32. The van der Waals surface area contributed by atoms with Crippen molar-refractivity contribution < 1.29 is 19.7 Å². The maximum absolute atomic E-state index is 11.0. The van der Waals surface area contributed by atoms with E-state index < -0.39 is 11.5 Å². The third kappa shape index (κ3) is 2.02. The molecule has 82 valence electrons. The maximum Gasteiger partial charge on any atom is 0.253 e. The van der Waals surface area contributed by atoms with E-state index in [1.54, 1.807) is 0 Å². The number of rotatable bonds is 3. The summed E-state index contributed by atoms with van der Waals surface area (Å²) in [6.07, 6.45) is 0. The topological polar surface area (TPSA) is 92.8 Å². The van der Waals surface area contributed by atoms with Gasteiger partial charge < -0.3 is 20.7 Å². The summed E-state index contributed by atoms with van der Waals surface area (Å²) in [7, 11) is 1.37. The number of phenols is 1. The van der Waals surface area contributed by atoms with Gasteiger partial charge in [-0.15, -0.1) is 0 Å². The van der Waals surface area contributed by atoms with Crippen LogP contribution in [0, 0.1) is 0 Å². The smallest absolute Gasteiger partial charge is 0.253 e. The lowest BCUT2D eigenvalue weighted by Crippen LogP contribution is -2.38. The highest BCUT2D eigenvalue weighted by Crippen LogP contribution is 2.31. The average molecular weight is 211 g/mol. The first-order chi connectivity index (χ1) is 6.89. The van der Waals surface area contributed by atoms with E-state index in [4.69, 9.17) is 10.5 Å². The zero-order valence-electron chi connectivity index (χ0n) is 8.52. The Hall–Kier alpha value is -1.75. The maximum atomic E-state index is 11.0. The van der Waals surface area contributed by atoms with E-state index in [-0.39, 0.29) is 17.1 Å². The Morgan fingerprint density at radius 2 is 2.13 bits per heavy atom. The molecular weight excluding hydrogens is 198 g/mol. The summed E-state index contributed by atoms with van der Waals surface area (Å²) < 4.78 is 4.85. The lowest BCUT2D eigenvalue weighted by atomic mass is 9.95. The number of aromatic hydroxyl groups is 1. The molecule has 0 spiro atoms. The molecule has 5 nitrogen and oxygen atoms in total. The molecule has 0 heterocycles.